The number of aliphatic carboxylic acids is 1. The third-order valence-electron chi connectivity index (χ3n) is 2.49. The maximum absolute atomic E-state index is 10.9. The summed E-state index contributed by atoms with van der Waals surface area (Å²) >= 11 is 0. The second kappa shape index (κ2) is 4.58. The predicted molar refractivity (Wildman–Crippen MR) is 50.8 cm³/mol. The van der Waals surface area contributed by atoms with Crippen LogP contribution in [-0.4, -0.2) is 60.1 Å². The molecule has 4 nitrogen and oxygen atoms in total. The van der Waals surface area contributed by atoms with Crippen LogP contribution in [0.15, 0.2) is 0 Å². The number of carbonyl (C=O) groups is 1. The average molecular weight is 186 g/mol. The van der Waals surface area contributed by atoms with E-state index in [-0.39, 0.29) is 6.04 Å². The van der Waals surface area contributed by atoms with Gasteiger partial charge in [0.15, 0.2) is 0 Å². The summed E-state index contributed by atoms with van der Waals surface area (Å²) in [4.78, 5) is 15.0. The van der Waals surface area contributed by atoms with E-state index >= 15 is 0 Å². The number of likely N-dealkylation sites (N-methyl/N-ethyl adjacent to an activating group) is 1. The first-order valence-electron chi connectivity index (χ1n) is 4.80. The van der Waals surface area contributed by atoms with Gasteiger partial charge in [-0.25, -0.2) is 0 Å². The van der Waals surface area contributed by atoms with Crippen LogP contribution in [0.25, 0.3) is 0 Å². The molecule has 1 unspecified atom stereocenters. The van der Waals surface area contributed by atoms with Crippen molar-refractivity contribution >= 4 is 5.97 Å². The van der Waals surface area contributed by atoms with Gasteiger partial charge in [0.2, 0.25) is 0 Å². The first-order valence-corrected chi connectivity index (χ1v) is 4.80. The molecule has 1 heterocycles. The van der Waals surface area contributed by atoms with Crippen LogP contribution in [0, 0.1) is 0 Å². The Morgan fingerprint density at radius 3 is 2.77 bits per heavy atom. The molecule has 0 spiro atoms. The smallest absolute Gasteiger partial charge is 0.322 e. The summed E-state index contributed by atoms with van der Waals surface area (Å²) in [7, 11) is 1.97. The minimum Gasteiger partial charge on any atom is -0.480 e. The highest BCUT2D eigenvalue weighted by Crippen LogP contribution is 2.08. The zero-order valence-corrected chi connectivity index (χ0v) is 8.36. The van der Waals surface area contributed by atoms with Crippen molar-refractivity contribution in [3.63, 3.8) is 0 Å². The van der Waals surface area contributed by atoms with Crippen LogP contribution in [0.4, 0.5) is 0 Å². The van der Waals surface area contributed by atoms with Crippen LogP contribution in [0.3, 0.4) is 0 Å². The van der Waals surface area contributed by atoms with Crippen molar-refractivity contribution in [3.05, 3.63) is 0 Å². The van der Waals surface area contributed by atoms with E-state index in [0.717, 1.165) is 26.1 Å². The fraction of sp³-hybridized carbons (Fsp3) is 0.889. The fourth-order valence-electron chi connectivity index (χ4n) is 1.75. The summed E-state index contributed by atoms with van der Waals surface area (Å²) in [5.41, 5.74) is 0. The lowest BCUT2D eigenvalue weighted by atomic mass is 10.1. The fourth-order valence-corrected chi connectivity index (χ4v) is 1.75. The minimum absolute atomic E-state index is 0.307. The van der Waals surface area contributed by atoms with Gasteiger partial charge in [-0.15, -0.1) is 0 Å². The highest BCUT2D eigenvalue weighted by atomic mass is 16.4. The summed E-state index contributed by atoms with van der Waals surface area (Å²) in [6.07, 6.45) is 1.02. The highest BCUT2D eigenvalue weighted by molar-refractivity contribution is 5.73. The Balaban J connectivity index is 2.55. The molecule has 1 aliphatic heterocycles. The first-order chi connectivity index (χ1) is 6.15. The van der Waals surface area contributed by atoms with Crippen LogP contribution in [0.5, 0.6) is 0 Å². The summed E-state index contributed by atoms with van der Waals surface area (Å²) < 4.78 is 0. The van der Waals surface area contributed by atoms with Crippen LogP contribution in [0.2, 0.25) is 0 Å². The van der Waals surface area contributed by atoms with E-state index in [4.69, 9.17) is 5.11 Å². The van der Waals surface area contributed by atoms with E-state index in [1.807, 2.05) is 7.05 Å². The molecule has 0 radical (unpaired) electrons. The molecule has 1 rings (SSSR count). The molecule has 76 valence electrons. The van der Waals surface area contributed by atoms with Crippen LogP contribution in [-0.2, 0) is 4.79 Å². The molecule has 0 amide bonds. The maximum Gasteiger partial charge on any atom is 0.322 e. The van der Waals surface area contributed by atoms with E-state index < -0.39 is 5.97 Å². The van der Waals surface area contributed by atoms with E-state index in [2.05, 4.69) is 16.7 Å². The molecule has 0 bridgehead atoms. The summed E-state index contributed by atoms with van der Waals surface area (Å²) in [6, 6.07) is -0.307. The van der Waals surface area contributed by atoms with Gasteiger partial charge in [-0.1, -0.05) is 6.92 Å². The monoisotopic (exact) mass is 186 g/mol. The van der Waals surface area contributed by atoms with Gasteiger partial charge in [-0.3, -0.25) is 9.69 Å². The standard InChI is InChI=1S/C9H18N2O2/c1-3-4-11-6-5-10(2)7-8(11)9(12)13/h8H,3-7H2,1-2H3,(H,12,13). The lowest BCUT2D eigenvalue weighted by Crippen LogP contribution is -2.55. The summed E-state index contributed by atoms with van der Waals surface area (Å²) in [6.45, 7) is 5.47. The number of rotatable bonds is 3. The van der Waals surface area contributed by atoms with Gasteiger partial charge >= 0.3 is 5.97 Å². The van der Waals surface area contributed by atoms with Crippen molar-refractivity contribution in [3.8, 4) is 0 Å². The summed E-state index contributed by atoms with van der Waals surface area (Å²) in [5.74, 6) is -0.694. The molecule has 0 aromatic heterocycles. The van der Waals surface area contributed by atoms with E-state index in [9.17, 15) is 4.79 Å². The van der Waals surface area contributed by atoms with Gasteiger partial charge in [0, 0.05) is 19.6 Å². The molecule has 0 aromatic rings. The molecule has 1 atom stereocenters. The third-order valence-corrected chi connectivity index (χ3v) is 2.49. The van der Waals surface area contributed by atoms with Crippen molar-refractivity contribution in [1.82, 2.24) is 9.80 Å². The molecule has 1 N–H and O–H groups in total. The Hall–Kier alpha value is -0.610. The Labute approximate surface area is 79.1 Å². The van der Waals surface area contributed by atoms with Crippen molar-refractivity contribution < 1.29 is 9.90 Å². The Morgan fingerprint density at radius 1 is 1.54 bits per heavy atom. The molecule has 0 aromatic carbocycles. The molecule has 4 heteroatoms. The average Bonchev–Trinajstić information content (AvgIpc) is 2.08. The molecule has 0 aliphatic carbocycles. The van der Waals surface area contributed by atoms with Gasteiger partial charge < -0.3 is 10.0 Å². The van der Waals surface area contributed by atoms with Crippen molar-refractivity contribution in [2.24, 2.45) is 0 Å². The Kier molecular flexibility index (Phi) is 3.69. The number of carboxylic acids is 1. The number of hydrogen-bond acceptors (Lipinski definition) is 3. The molecule has 1 fully saturated rings. The Bertz CT molecular complexity index is 184. The first kappa shape index (κ1) is 10.5. The quantitative estimate of drug-likeness (QED) is 0.679. The van der Waals surface area contributed by atoms with E-state index in [1.54, 1.807) is 0 Å². The van der Waals surface area contributed by atoms with Gasteiger partial charge in [-0.2, -0.15) is 0 Å². The SMILES string of the molecule is CCCN1CCN(C)CC1C(=O)O. The number of piperazine rings is 1. The summed E-state index contributed by atoms with van der Waals surface area (Å²) in [5, 5.41) is 8.98. The Morgan fingerprint density at radius 2 is 2.23 bits per heavy atom. The highest BCUT2D eigenvalue weighted by Gasteiger charge is 2.29. The normalized spacial score (nSPS) is 26.2. The van der Waals surface area contributed by atoms with Crippen LogP contribution in [0.1, 0.15) is 13.3 Å². The van der Waals surface area contributed by atoms with Gasteiger partial charge in [0.25, 0.3) is 0 Å². The molecule has 13 heavy (non-hydrogen) atoms. The predicted octanol–water partition coefficient (Wildman–Crippen LogP) is 0.0970. The molecular weight excluding hydrogens is 168 g/mol. The maximum atomic E-state index is 10.9. The van der Waals surface area contributed by atoms with Crippen molar-refractivity contribution in [2.45, 2.75) is 19.4 Å². The second-order valence-electron chi connectivity index (χ2n) is 3.65. The lowest BCUT2D eigenvalue weighted by Gasteiger charge is -2.37. The number of carboxylic acid groups (broad SMARTS) is 1. The van der Waals surface area contributed by atoms with Crippen molar-refractivity contribution in [2.75, 3.05) is 33.2 Å². The second-order valence-corrected chi connectivity index (χ2v) is 3.65. The van der Waals surface area contributed by atoms with Gasteiger partial charge in [0.05, 0.1) is 0 Å². The zero-order valence-electron chi connectivity index (χ0n) is 8.36. The lowest BCUT2D eigenvalue weighted by molar-refractivity contribution is -0.145. The van der Waals surface area contributed by atoms with Crippen molar-refractivity contribution in [1.29, 1.82) is 0 Å². The number of hydrogen-bond donors (Lipinski definition) is 1. The van der Waals surface area contributed by atoms with Crippen LogP contribution < -0.4 is 0 Å². The van der Waals surface area contributed by atoms with Crippen LogP contribution >= 0.6 is 0 Å². The molecular formula is C9H18N2O2. The molecule has 1 saturated heterocycles. The molecule has 0 saturated carbocycles. The minimum atomic E-state index is -0.694. The van der Waals surface area contributed by atoms with E-state index in [1.165, 1.54) is 0 Å². The largest absolute Gasteiger partial charge is 0.480 e. The van der Waals surface area contributed by atoms with E-state index in [0.29, 0.717) is 6.54 Å². The van der Waals surface area contributed by atoms with Gasteiger partial charge in [-0.05, 0) is 20.0 Å². The van der Waals surface area contributed by atoms with Gasteiger partial charge in [0.1, 0.15) is 6.04 Å². The zero-order chi connectivity index (χ0) is 9.84. The topological polar surface area (TPSA) is 43.8 Å². The molecule has 1 aliphatic rings. The number of nitrogens with zero attached hydrogens (tertiary/aromatic N) is 2. The third kappa shape index (κ3) is 2.67.